The van der Waals surface area contributed by atoms with Crippen molar-refractivity contribution in [3.8, 4) is 0 Å². The Bertz CT molecular complexity index is 141. The molecule has 0 aromatic carbocycles. The second kappa shape index (κ2) is 3.01. The maximum atomic E-state index is 5.21. The van der Waals surface area contributed by atoms with Gasteiger partial charge in [0.15, 0.2) is 0 Å². The van der Waals surface area contributed by atoms with Gasteiger partial charge < -0.3 is 4.52 Å². The van der Waals surface area contributed by atoms with Crippen LogP contribution in [0.2, 0.25) is 0 Å². The monoisotopic (exact) mass is 173 g/mol. The van der Waals surface area contributed by atoms with Gasteiger partial charge in [-0.2, -0.15) is 0 Å². The average molecular weight is 173 g/mol. The van der Waals surface area contributed by atoms with Gasteiger partial charge in [0.1, 0.15) is 0 Å². The minimum absolute atomic E-state index is 0.446. The second-order valence-corrected chi connectivity index (χ2v) is 4.06. The standard InChI is InChI=1S/C8H16NOP/c11-10-7-8-3-1-5-9(8)6-2-4-8/h1-7,11H2. The van der Waals surface area contributed by atoms with Gasteiger partial charge in [0.2, 0.25) is 0 Å². The van der Waals surface area contributed by atoms with Gasteiger partial charge in [0.05, 0.1) is 6.61 Å². The highest BCUT2D eigenvalue weighted by molar-refractivity contribution is 7.09. The lowest BCUT2D eigenvalue weighted by molar-refractivity contribution is 0.126. The van der Waals surface area contributed by atoms with Crippen LogP contribution in [0.15, 0.2) is 0 Å². The Morgan fingerprint density at radius 1 is 1.27 bits per heavy atom. The molecular formula is C8H16NOP. The first-order valence-corrected chi connectivity index (χ1v) is 4.91. The zero-order valence-corrected chi connectivity index (χ0v) is 8.04. The zero-order chi connectivity index (χ0) is 7.73. The number of rotatable bonds is 2. The Labute approximate surface area is 70.6 Å². The van der Waals surface area contributed by atoms with E-state index in [1.54, 1.807) is 0 Å². The van der Waals surface area contributed by atoms with E-state index in [-0.39, 0.29) is 0 Å². The third kappa shape index (κ3) is 1.22. The van der Waals surface area contributed by atoms with Gasteiger partial charge in [-0.1, -0.05) is 0 Å². The molecule has 2 heterocycles. The third-order valence-electron chi connectivity index (χ3n) is 3.16. The van der Waals surface area contributed by atoms with E-state index in [9.17, 15) is 0 Å². The summed E-state index contributed by atoms with van der Waals surface area (Å²) in [6.07, 6.45) is 5.44. The molecule has 0 N–H and O–H groups in total. The molecule has 0 aromatic heterocycles. The molecule has 2 fully saturated rings. The molecule has 2 aliphatic rings. The smallest absolute Gasteiger partial charge is 0.0686 e. The quantitative estimate of drug-likeness (QED) is 0.585. The molecule has 2 saturated heterocycles. The van der Waals surface area contributed by atoms with E-state index < -0.39 is 0 Å². The van der Waals surface area contributed by atoms with Crippen LogP contribution in [-0.4, -0.2) is 30.1 Å². The van der Waals surface area contributed by atoms with E-state index in [1.807, 2.05) is 0 Å². The molecule has 64 valence electrons. The van der Waals surface area contributed by atoms with Crippen molar-refractivity contribution in [2.75, 3.05) is 19.7 Å². The summed E-state index contributed by atoms with van der Waals surface area (Å²) in [5.74, 6) is 0. The van der Waals surface area contributed by atoms with E-state index in [2.05, 4.69) is 14.4 Å². The minimum Gasteiger partial charge on any atom is -0.364 e. The normalized spacial score (nSPS) is 29.2. The van der Waals surface area contributed by atoms with Gasteiger partial charge in [-0.25, -0.2) is 0 Å². The number of hydrogen-bond acceptors (Lipinski definition) is 2. The molecular weight excluding hydrogens is 157 g/mol. The zero-order valence-electron chi connectivity index (χ0n) is 6.88. The Hall–Kier alpha value is 0.350. The molecule has 2 aliphatic heterocycles. The largest absolute Gasteiger partial charge is 0.364 e. The maximum absolute atomic E-state index is 5.21. The van der Waals surface area contributed by atoms with Crippen LogP contribution >= 0.6 is 9.47 Å². The van der Waals surface area contributed by atoms with Gasteiger partial charge in [-0.05, 0) is 38.8 Å². The molecule has 1 atom stereocenters. The van der Waals surface area contributed by atoms with E-state index in [0.29, 0.717) is 5.54 Å². The van der Waals surface area contributed by atoms with Crippen molar-refractivity contribution in [1.82, 2.24) is 4.90 Å². The summed E-state index contributed by atoms with van der Waals surface area (Å²) in [5.41, 5.74) is 0.446. The molecule has 0 amide bonds. The molecule has 0 saturated carbocycles. The number of nitrogens with zero attached hydrogens (tertiary/aromatic N) is 1. The van der Waals surface area contributed by atoms with Crippen molar-refractivity contribution in [3.63, 3.8) is 0 Å². The molecule has 0 aliphatic carbocycles. The lowest BCUT2D eigenvalue weighted by atomic mass is 9.95. The van der Waals surface area contributed by atoms with Gasteiger partial charge in [0, 0.05) is 15.0 Å². The molecule has 0 radical (unpaired) electrons. The van der Waals surface area contributed by atoms with Gasteiger partial charge in [-0.3, -0.25) is 4.90 Å². The van der Waals surface area contributed by atoms with E-state index in [0.717, 1.165) is 6.61 Å². The van der Waals surface area contributed by atoms with E-state index >= 15 is 0 Å². The van der Waals surface area contributed by atoms with Crippen LogP contribution in [0.4, 0.5) is 0 Å². The summed E-state index contributed by atoms with van der Waals surface area (Å²) in [6, 6.07) is 0. The fourth-order valence-corrected chi connectivity index (χ4v) is 2.93. The Kier molecular flexibility index (Phi) is 2.18. The van der Waals surface area contributed by atoms with Gasteiger partial charge in [-0.15, -0.1) is 0 Å². The predicted octanol–water partition coefficient (Wildman–Crippen LogP) is 1.42. The van der Waals surface area contributed by atoms with Crippen molar-refractivity contribution >= 4 is 9.47 Å². The molecule has 11 heavy (non-hydrogen) atoms. The molecule has 0 aromatic rings. The van der Waals surface area contributed by atoms with Crippen LogP contribution in [0.25, 0.3) is 0 Å². The van der Waals surface area contributed by atoms with Gasteiger partial charge in [0.25, 0.3) is 0 Å². The Morgan fingerprint density at radius 3 is 2.45 bits per heavy atom. The van der Waals surface area contributed by atoms with E-state index in [4.69, 9.17) is 4.52 Å². The van der Waals surface area contributed by atoms with Crippen molar-refractivity contribution < 1.29 is 4.52 Å². The van der Waals surface area contributed by atoms with Crippen LogP contribution in [-0.2, 0) is 4.52 Å². The SMILES string of the molecule is POCC12CCCN1CCC2. The van der Waals surface area contributed by atoms with Crippen molar-refractivity contribution in [3.05, 3.63) is 0 Å². The molecule has 2 nitrogen and oxygen atoms in total. The first kappa shape index (κ1) is 7.97. The minimum atomic E-state index is 0.446. The van der Waals surface area contributed by atoms with Crippen LogP contribution in [0, 0.1) is 0 Å². The Morgan fingerprint density at radius 2 is 1.91 bits per heavy atom. The second-order valence-electron chi connectivity index (χ2n) is 3.73. The maximum Gasteiger partial charge on any atom is 0.0686 e. The van der Waals surface area contributed by atoms with E-state index in [1.165, 1.54) is 38.8 Å². The highest BCUT2D eigenvalue weighted by Crippen LogP contribution is 2.39. The van der Waals surface area contributed by atoms with Crippen molar-refractivity contribution in [2.24, 2.45) is 0 Å². The highest BCUT2D eigenvalue weighted by atomic mass is 31.0. The summed E-state index contributed by atoms with van der Waals surface area (Å²) in [4.78, 5) is 2.61. The number of hydrogen-bond donors (Lipinski definition) is 0. The van der Waals surface area contributed by atoms with Crippen LogP contribution in [0.3, 0.4) is 0 Å². The molecule has 0 bridgehead atoms. The first-order valence-electron chi connectivity index (χ1n) is 4.44. The van der Waals surface area contributed by atoms with Crippen LogP contribution < -0.4 is 0 Å². The molecule has 2 rings (SSSR count). The highest BCUT2D eigenvalue weighted by Gasteiger charge is 2.43. The summed E-state index contributed by atoms with van der Waals surface area (Å²) in [6.45, 7) is 3.51. The predicted molar refractivity (Wildman–Crippen MR) is 48.4 cm³/mol. The molecule has 0 spiro atoms. The summed E-state index contributed by atoms with van der Waals surface area (Å²) in [5, 5.41) is 0. The summed E-state index contributed by atoms with van der Waals surface area (Å²) >= 11 is 0. The summed E-state index contributed by atoms with van der Waals surface area (Å²) in [7, 11) is 2.37. The lowest BCUT2D eigenvalue weighted by Crippen LogP contribution is -2.41. The number of fused-ring (bicyclic) bond motifs is 1. The average Bonchev–Trinajstić information content (AvgIpc) is 2.45. The van der Waals surface area contributed by atoms with Gasteiger partial charge >= 0.3 is 0 Å². The van der Waals surface area contributed by atoms with Crippen LogP contribution in [0.1, 0.15) is 25.7 Å². The lowest BCUT2D eigenvalue weighted by Gasteiger charge is -2.30. The van der Waals surface area contributed by atoms with Crippen LogP contribution in [0.5, 0.6) is 0 Å². The van der Waals surface area contributed by atoms with Crippen molar-refractivity contribution in [1.29, 1.82) is 0 Å². The topological polar surface area (TPSA) is 12.5 Å². The first-order chi connectivity index (χ1) is 5.37. The Balaban J connectivity index is 2.07. The third-order valence-corrected chi connectivity index (χ3v) is 3.33. The fraction of sp³-hybridized carbons (Fsp3) is 1.00. The van der Waals surface area contributed by atoms with Crippen molar-refractivity contribution in [2.45, 2.75) is 31.2 Å². The summed E-state index contributed by atoms with van der Waals surface area (Å²) < 4.78 is 5.21. The molecule has 1 unspecified atom stereocenters. The molecule has 3 heteroatoms. The fourth-order valence-electron chi connectivity index (χ4n) is 2.62.